The van der Waals surface area contributed by atoms with Gasteiger partial charge in [-0.25, -0.2) is 0 Å². The topological polar surface area (TPSA) is 70.0 Å². The van der Waals surface area contributed by atoms with Gasteiger partial charge >= 0.3 is 0 Å². The molecule has 4 rings (SSSR count). The Hall–Kier alpha value is -2.89. The van der Waals surface area contributed by atoms with Gasteiger partial charge in [0, 0.05) is 25.3 Å². The Morgan fingerprint density at radius 2 is 1.81 bits per heavy atom. The Bertz CT molecular complexity index is 1070. The Labute approximate surface area is 215 Å². The predicted octanol–water partition coefficient (Wildman–Crippen LogP) is 5.84. The van der Waals surface area contributed by atoms with E-state index in [1.165, 1.54) is 0 Å². The van der Waals surface area contributed by atoms with Crippen LogP contribution in [0.2, 0.25) is 0 Å². The van der Waals surface area contributed by atoms with Gasteiger partial charge in [0.05, 0.1) is 24.0 Å². The van der Waals surface area contributed by atoms with E-state index in [-0.39, 0.29) is 47.5 Å². The van der Waals surface area contributed by atoms with E-state index < -0.39 is 6.10 Å². The molecule has 2 aliphatic heterocycles. The maximum atomic E-state index is 13.3. The Morgan fingerprint density at radius 3 is 2.53 bits per heavy atom. The van der Waals surface area contributed by atoms with Gasteiger partial charge in [0.1, 0.15) is 5.75 Å². The van der Waals surface area contributed by atoms with E-state index in [0.717, 1.165) is 24.8 Å². The molecule has 0 aromatic heterocycles. The molecule has 5 nitrogen and oxygen atoms in total. The SMILES string of the molecule is CC=CC[C@@H](CC(=O)N(C)c1ccccc1O)[C@@H]1[C@@H](C=CC(O)C(C)c2ccccc2)[C@@H]2CC[C@H]1O2. The van der Waals surface area contributed by atoms with Crippen molar-refractivity contribution in [2.45, 2.75) is 63.8 Å². The van der Waals surface area contributed by atoms with Crippen molar-refractivity contribution in [1.29, 1.82) is 0 Å². The fraction of sp³-hybridized carbons (Fsp3) is 0.452. The number of carbonyl (C=O) groups excluding carboxylic acids is 1. The van der Waals surface area contributed by atoms with Crippen molar-refractivity contribution in [1.82, 2.24) is 0 Å². The number of phenolic OH excluding ortho intramolecular Hbond substituents is 1. The summed E-state index contributed by atoms with van der Waals surface area (Å²) in [6.45, 7) is 4.05. The van der Waals surface area contributed by atoms with E-state index in [4.69, 9.17) is 4.74 Å². The molecule has 2 fully saturated rings. The number of allylic oxidation sites excluding steroid dienone is 2. The predicted molar refractivity (Wildman–Crippen MR) is 144 cm³/mol. The van der Waals surface area contributed by atoms with Crippen molar-refractivity contribution in [2.24, 2.45) is 17.8 Å². The molecule has 2 saturated heterocycles. The lowest BCUT2D eigenvalue weighted by Crippen LogP contribution is -2.36. The number of aromatic hydroxyl groups is 1. The molecule has 0 spiro atoms. The molecule has 2 heterocycles. The number of hydrogen-bond acceptors (Lipinski definition) is 4. The minimum absolute atomic E-state index is 0.00647. The van der Waals surface area contributed by atoms with Crippen LogP contribution in [-0.2, 0) is 9.53 Å². The third-order valence-corrected chi connectivity index (χ3v) is 8.03. The minimum Gasteiger partial charge on any atom is -0.506 e. The summed E-state index contributed by atoms with van der Waals surface area (Å²) in [5.41, 5.74) is 1.63. The lowest BCUT2D eigenvalue weighted by molar-refractivity contribution is -0.119. The molecule has 2 aliphatic rings. The van der Waals surface area contributed by atoms with Crippen LogP contribution in [0.15, 0.2) is 78.9 Å². The number of rotatable bonds is 10. The van der Waals surface area contributed by atoms with Crippen molar-refractivity contribution in [3.63, 3.8) is 0 Å². The number of aliphatic hydroxyl groups is 1. The quantitative estimate of drug-likeness (QED) is 0.411. The molecule has 36 heavy (non-hydrogen) atoms. The Kier molecular flexibility index (Phi) is 8.65. The van der Waals surface area contributed by atoms with Crippen LogP contribution in [0.1, 0.15) is 51.0 Å². The standard InChI is InChI=1S/C31H39NO4/c1-4-5-11-23(20-30(35)32(3)25-14-9-10-15-27(25)34)31-24(28-18-19-29(31)36-28)16-17-26(33)21(2)22-12-7-6-8-13-22/h4-10,12-17,21,23-24,26,28-29,31,33-34H,11,18-20H2,1-3H3/t21?,23-,24-,26?,28-,29+,31+/m0/s1. The average Bonchev–Trinajstić information content (AvgIpc) is 3.51. The van der Waals surface area contributed by atoms with Crippen LogP contribution in [-0.4, -0.2) is 41.5 Å². The number of benzene rings is 2. The molecule has 2 bridgehead atoms. The van der Waals surface area contributed by atoms with Crippen molar-refractivity contribution in [2.75, 3.05) is 11.9 Å². The molecule has 5 heteroatoms. The smallest absolute Gasteiger partial charge is 0.227 e. The maximum Gasteiger partial charge on any atom is 0.227 e. The summed E-state index contributed by atoms with van der Waals surface area (Å²) in [5, 5.41) is 21.2. The molecular formula is C31H39NO4. The number of amides is 1. The van der Waals surface area contributed by atoms with Crippen LogP contribution in [0.3, 0.4) is 0 Å². The summed E-state index contributed by atoms with van der Waals surface area (Å²) in [7, 11) is 1.72. The average molecular weight is 490 g/mol. The molecule has 2 N–H and O–H groups in total. The van der Waals surface area contributed by atoms with Crippen molar-refractivity contribution in [3.05, 3.63) is 84.5 Å². The second-order valence-corrected chi connectivity index (χ2v) is 10.2. The van der Waals surface area contributed by atoms with Gasteiger partial charge in [-0.1, -0.05) is 73.7 Å². The van der Waals surface area contributed by atoms with Crippen LogP contribution in [0.5, 0.6) is 5.75 Å². The summed E-state index contributed by atoms with van der Waals surface area (Å²) in [5.74, 6) is 0.554. The number of fused-ring (bicyclic) bond motifs is 2. The van der Waals surface area contributed by atoms with E-state index in [2.05, 4.69) is 12.2 Å². The van der Waals surface area contributed by atoms with Gasteiger partial charge in [0.15, 0.2) is 0 Å². The Balaban J connectivity index is 1.51. The number of ether oxygens (including phenoxy) is 1. The number of carbonyl (C=O) groups is 1. The summed E-state index contributed by atoms with van der Waals surface area (Å²) in [6, 6.07) is 17.0. The summed E-state index contributed by atoms with van der Waals surface area (Å²) >= 11 is 0. The molecule has 0 saturated carbocycles. The molecule has 1 amide bonds. The van der Waals surface area contributed by atoms with Gasteiger partial charge < -0.3 is 19.8 Å². The first-order valence-corrected chi connectivity index (χ1v) is 13.1. The molecular weight excluding hydrogens is 450 g/mol. The zero-order chi connectivity index (χ0) is 25.7. The van der Waals surface area contributed by atoms with E-state index in [0.29, 0.717) is 12.1 Å². The fourth-order valence-electron chi connectivity index (χ4n) is 5.91. The molecule has 2 unspecified atom stereocenters. The first-order valence-electron chi connectivity index (χ1n) is 13.1. The molecule has 2 aromatic rings. The number of phenols is 1. The van der Waals surface area contributed by atoms with Crippen LogP contribution in [0, 0.1) is 17.8 Å². The number of nitrogens with zero attached hydrogens (tertiary/aromatic N) is 1. The highest BCUT2D eigenvalue weighted by Crippen LogP contribution is 2.49. The van der Waals surface area contributed by atoms with E-state index in [1.54, 1.807) is 30.1 Å². The first kappa shape index (κ1) is 26.2. The maximum absolute atomic E-state index is 13.3. The van der Waals surface area contributed by atoms with Crippen LogP contribution in [0.25, 0.3) is 0 Å². The summed E-state index contributed by atoms with van der Waals surface area (Å²) in [4.78, 5) is 14.9. The summed E-state index contributed by atoms with van der Waals surface area (Å²) < 4.78 is 6.36. The van der Waals surface area contributed by atoms with Crippen molar-refractivity contribution < 1.29 is 19.7 Å². The van der Waals surface area contributed by atoms with Gasteiger partial charge in [-0.2, -0.15) is 0 Å². The van der Waals surface area contributed by atoms with Gasteiger partial charge in [0.2, 0.25) is 5.91 Å². The van der Waals surface area contributed by atoms with E-state index >= 15 is 0 Å². The third kappa shape index (κ3) is 5.74. The molecule has 2 aromatic carbocycles. The molecule has 0 radical (unpaired) electrons. The van der Waals surface area contributed by atoms with Gasteiger partial charge in [-0.15, -0.1) is 0 Å². The molecule has 7 atom stereocenters. The van der Waals surface area contributed by atoms with Crippen molar-refractivity contribution in [3.8, 4) is 5.75 Å². The highest BCUT2D eigenvalue weighted by Gasteiger charge is 2.50. The van der Waals surface area contributed by atoms with E-state index in [1.807, 2.05) is 62.4 Å². The van der Waals surface area contributed by atoms with Crippen molar-refractivity contribution >= 4 is 11.6 Å². The van der Waals surface area contributed by atoms with Crippen LogP contribution in [0.4, 0.5) is 5.69 Å². The summed E-state index contributed by atoms with van der Waals surface area (Å²) in [6.07, 6.45) is 11.1. The first-order chi connectivity index (χ1) is 17.4. The number of aliphatic hydroxyl groups excluding tert-OH is 1. The highest BCUT2D eigenvalue weighted by atomic mass is 16.5. The minimum atomic E-state index is -0.588. The zero-order valence-electron chi connectivity index (χ0n) is 21.5. The second kappa shape index (κ2) is 11.9. The number of anilines is 1. The molecule has 0 aliphatic carbocycles. The monoisotopic (exact) mass is 489 g/mol. The number of para-hydroxylation sites is 2. The largest absolute Gasteiger partial charge is 0.506 e. The number of hydrogen-bond donors (Lipinski definition) is 2. The second-order valence-electron chi connectivity index (χ2n) is 10.2. The highest BCUT2D eigenvalue weighted by molar-refractivity contribution is 5.94. The third-order valence-electron chi connectivity index (χ3n) is 8.03. The van der Waals surface area contributed by atoms with Crippen LogP contribution >= 0.6 is 0 Å². The van der Waals surface area contributed by atoms with Gasteiger partial charge in [0.25, 0.3) is 0 Å². The zero-order valence-corrected chi connectivity index (χ0v) is 21.5. The van der Waals surface area contributed by atoms with Crippen LogP contribution < -0.4 is 4.90 Å². The normalized spacial score (nSPS) is 25.9. The molecule has 192 valence electrons. The Morgan fingerprint density at radius 1 is 1.11 bits per heavy atom. The van der Waals surface area contributed by atoms with Gasteiger partial charge in [-0.3, -0.25) is 4.79 Å². The van der Waals surface area contributed by atoms with E-state index in [9.17, 15) is 15.0 Å². The van der Waals surface area contributed by atoms with Gasteiger partial charge in [-0.05, 0) is 55.7 Å². The lowest BCUT2D eigenvalue weighted by atomic mass is 9.70. The fourth-order valence-corrected chi connectivity index (χ4v) is 5.91. The lowest BCUT2D eigenvalue weighted by Gasteiger charge is -2.33.